The van der Waals surface area contributed by atoms with Crippen LogP contribution in [0.3, 0.4) is 0 Å². The average molecular weight is 337 g/mol. The van der Waals surface area contributed by atoms with Crippen LogP contribution >= 0.6 is 15.9 Å². The standard InChI is InChI=1S/C15H17BrN2O2/c16-12-7-2-1-5-11(12)6-3-10-18-14(19)13-8-4-9-17(13)15(18)20/h1-2,5,7,13H,3-4,6,8-10H2/t13-/m1/s1. The second-order valence-electron chi connectivity index (χ2n) is 5.32. The summed E-state index contributed by atoms with van der Waals surface area (Å²) in [7, 11) is 0. The van der Waals surface area contributed by atoms with Gasteiger partial charge in [-0.3, -0.25) is 9.69 Å². The summed E-state index contributed by atoms with van der Waals surface area (Å²) in [5.41, 5.74) is 1.21. The molecule has 0 radical (unpaired) electrons. The lowest BCUT2D eigenvalue weighted by Crippen LogP contribution is -2.34. The van der Waals surface area contributed by atoms with E-state index < -0.39 is 0 Å². The Bertz CT molecular complexity index is 524. The molecule has 3 rings (SSSR count). The van der Waals surface area contributed by atoms with E-state index >= 15 is 0 Å². The van der Waals surface area contributed by atoms with Gasteiger partial charge in [0, 0.05) is 17.6 Å². The SMILES string of the molecule is O=C1[C@H]2CCCN2C(=O)N1CCCc1ccccc1Br. The maximum Gasteiger partial charge on any atom is 0.327 e. The molecule has 0 saturated carbocycles. The van der Waals surface area contributed by atoms with Crippen molar-refractivity contribution in [3.63, 3.8) is 0 Å². The van der Waals surface area contributed by atoms with E-state index in [1.54, 1.807) is 4.90 Å². The fourth-order valence-electron chi connectivity index (χ4n) is 3.02. The molecule has 1 aromatic rings. The molecule has 0 bridgehead atoms. The Kier molecular flexibility index (Phi) is 3.78. The summed E-state index contributed by atoms with van der Waals surface area (Å²) in [6.07, 6.45) is 3.45. The topological polar surface area (TPSA) is 40.6 Å². The lowest BCUT2D eigenvalue weighted by atomic mass is 10.1. The van der Waals surface area contributed by atoms with Crippen molar-refractivity contribution in [2.75, 3.05) is 13.1 Å². The number of nitrogens with zero attached hydrogens (tertiary/aromatic N) is 2. The minimum absolute atomic E-state index is 0.000345. The maximum absolute atomic E-state index is 12.2. The molecule has 20 heavy (non-hydrogen) atoms. The molecule has 1 atom stereocenters. The molecule has 0 aliphatic carbocycles. The van der Waals surface area contributed by atoms with Gasteiger partial charge in [0.2, 0.25) is 0 Å². The third-order valence-electron chi connectivity index (χ3n) is 4.07. The van der Waals surface area contributed by atoms with Gasteiger partial charge in [0.15, 0.2) is 0 Å². The molecule has 5 heteroatoms. The summed E-state index contributed by atoms with van der Waals surface area (Å²) in [6, 6.07) is 7.79. The molecule has 2 saturated heterocycles. The minimum atomic E-state index is -0.175. The molecule has 106 valence electrons. The number of fused-ring (bicyclic) bond motifs is 1. The highest BCUT2D eigenvalue weighted by molar-refractivity contribution is 9.10. The third-order valence-corrected chi connectivity index (χ3v) is 4.84. The summed E-state index contributed by atoms with van der Waals surface area (Å²) in [4.78, 5) is 27.4. The monoisotopic (exact) mass is 336 g/mol. The van der Waals surface area contributed by atoms with E-state index in [1.165, 1.54) is 10.5 Å². The highest BCUT2D eigenvalue weighted by Crippen LogP contribution is 2.27. The molecule has 2 fully saturated rings. The van der Waals surface area contributed by atoms with Crippen LogP contribution in [0.4, 0.5) is 4.79 Å². The molecule has 0 aromatic heterocycles. The predicted octanol–water partition coefficient (Wildman–Crippen LogP) is 2.81. The zero-order chi connectivity index (χ0) is 14.1. The minimum Gasteiger partial charge on any atom is -0.312 e. The van der Waals surface area contributed by atoms with Gasteiger partial charge in [-0.05, 0) is 37.3 Å². The number of carbonyl (C=O) groups is 2. The van der Waals surface area contributed by atoms with Crippen molar-refractivity contribution in [2.24, 2.45) is 0 Å². The van der Waals surface area contributed by atoms with Crippen molar-refractivity contribution >= 4 is 27.9 Å². The predicted molar refractivity (Wildman–Crippen MR) is 79.3 cm³/mol. The summed E-state index contributed by atoms with van der Waals surface area (Å²) in [5, 5.41) is 0. The van der Waals surface area contributed by atoms with Gasteiger partial charge < -0.3 is 4.90 Å². The molecule has 2 aliphatic heterocycles. The van der Waals surface area contributed by atoms with E-state index in [4.69, 9.17) is 0 Å². The van der Waals surface area contributed by atoms with E-state index in [0.717, 1.165) is 36.7 Å². The fraction of sp³-hybridized carbons (Fsp3) is 0.467. The van der Waals surface area contributed by atoms with Crippen molar-refractivity contribution in [3.05, 3.63) is 34.3 Å². The number of imide groups is 1. The number of rotatable bonds is 4. The van der Waals surface area contributed by atoms with E-state index in [1.807, 2.05) is 18.2 Å². The van der Waals surface area contributed by atoms with Crippen LogP contribution in [0, 0.1) is 0 Å². The average Bonchev–Trinajstić information content (AvgIpc) is 3.00. The van der Waals surface area contributed by atoms with Crippen molar-refractivity contribution in [2.45, 2.75) is 31.7 Å². The number of benzene rings is 1. The number of hydrogen-bond donors (Lipinski definition) is 0. The van der Waals surface area contributed by atoms with Gasteiger partial charge >= 0.3 is 6.03 Å². The van der Waals surface area contributed by atoms with E-state index in [0.29, 0.717) is 6.54 Å². The van der Waals surface area contributed by atoms with Gasteiger partial charge in [-0.2, -0.15) is 0 Å². The molecular formula is C15H17BrN2O2. The van der Waals surface area contributed by atoms with Crippen LogP contribution in [0.15, 0.2) is 28.7 Å². The Labute approximate surface area is 126 Å². The van der Waals surface area contributed by atoms with Gasteiger partial charge in [0.25, 0.3) is 5.91 Å². The first-order valence-corrected chi connectivity index (χ1v) is 7.83. The summed E-state index contributed by atoms with van der Waals surface area (Å²) >= 11 is 3.52. The molecule has 1 aromatic carbocycles. The van der Waals surface area contributed by atoms with Crippen LogP contribution in [0.2, 0.25) is 0 Å². The van der Waals surface area contributed by atoms with Crippen LogP contribution < -0.4 is 0 Å². The largest absolute Gasteiger partial charge is 0.327 e. The van der Waals surface area contributed by atoms with Crippen LogP contribution in [0.1, 0.15) is 24.8 Å². The first-order valence-electron chi connectivity index (χ1n) is 7.04. The van der Waals surface area contributed by atoms with Crippen LogP contribution in [0.5, 0.6) is 0 Å². The smallest absolute Gasteiger partial charge is 0.312 e. The van der Waals surface area contributed by atoms with Gasteiger partial charge in [0.1, 0.15) is 6.04 Å². The highest BCUT2D eigenvalue weighted by atomic mass is 79.9. The van der Waals surface area contributed by atoms with Crippen molar-refractivity contribution in [1.29, 1.82) is 0 Å². The Morgan fingerprint density at radius 2 is 2.05 bits per heavy atom. The Morgan fingerprint density at radius 1 is 1.25 bits per heavy atom. The fourth-order valence-corrected chi connectivity index (χ4v) is 3.50. The van der Waals surface area contributed by atoms with Crippen LogP contribution in [-0.2, 0) is 11.2 Å². The first kappa shape index (κ1) is 13.6. The number of urea groups is 1. The Hall–Kier alpha value is -1.36. The number of halogens is 1. The second kappa shape index (κ2) is 5.56. The second-order valence-corrected chi connectivity index (χ2v) is 6.17. The molecule has 2 aliphatic rings. The molecule has 4 nitrogen and oxygen atoms in total. The quantitative estimate of drug-likeness (QED) is 0.793. The molecular weight excluding hydrogens is 320 g/mol. The van der Waals surface area contributed by atoms with Gasteiger partial charge in [-0.15, -0.1) is 0 Å². The molecule has 0 spiro atoms. The number of amides is 3. The van der Waals surface area contributed by atoms with Gasteiger partial charge in [0.05, 0.1) is 0 Å². The normalized spacial score (nSPS) is 21.8. The summed E-state index contributed by atoms with van der Waals surface area (Å²) in [6.45, 7) is 1.25. The summed E-state index contributed by atoms with van der Waals surface area (Å²) < 4.78 is 1.08. The molecule has 3 amide bonds. The van der Waals surface area contributed by atoms with Crippen molar-refractivity contribution in [1.82, 2.24) is 9.80 Å². The maximum atomic E-state index is 12.2. The van der Waals surface area contributed by atoms with Crippen LogP contribution in [-0.4, -0.2) is 40.9 Å². The molecule has 0 N–H and O–H groups in total. The van der Waals surface area contributed by atoms with E-state index in [9.17, 15) is 9.59 Å². The van der Waals surface area contributed by atoms with Crippen molar-refractivity contribution < 1.29 is 9.59 Å². The number of hydrogen-bond acceptors (Lipinski definition) is 2. The third kappa shape index (κ3) is 2.35. The Balaban J connectivity index is 1.58. The molecule has 2 heterocycles. The van der Waals surface area contributed by atoms with Crippen LogP contribution in [0.25, 0.3) is 0 Å². The van der Waals surface area contributed by atoms with Gasteiger partial charge in [-0.25, -0.2) is 4.79 Å². The number of carbonyl (C=O) groups excluding carboxylic acids is 2. The van der Waals surface area contributed by atoms with E-state index in [-0.39, 0.29) is 18.0 Å². The molecule has 0 unspecified atom stereocenters. The lowest BCUT2D eigenvalue weighted by molar-refractivity contribution is -0.128. The zero-order valence-corrected chi connectivity index (χ0v) is 12.8. The zero-order valence-electron chi connectivity index (χ0n) is 11.2. The number of aryl methyl sites for hydroxylation is 1. The Morgan fingerprint density at radius 3 is 2.80 bits per heavy atom. The first-order chi connectivity index (χ1) is 9.68. The summed E-state index contributed by atoms with van der Waals surface area (Å²) in [5.74, 6) is -0.000345. The lowest BCUT2D eigenvalue weighted by Gasteiger charge is -2.15. The highest BCUT2D eigenvalue weighted by Gasteiger charge is 2.46. The van der Waals surface area contributed by atoms with E-state index in [2.05, 4.69) is 22.0 Å². The van der Waals surface area contributed by atoms with Crippen molar-refractivity contribution in [3.8, 4) is 0 Å². The van der Waals surface area contributed by atoms with Gasteiger partial charge in [-0.1, -0.05) is 34.1 Å².